The molecule has 1 atom stereocenters. The first-order valence-corrected chi connectivity index (χ1v) is 15.0. The number of likely N-dealkylation sites (N-methyl/N-ethyl adjacent to an activating group) is 1. The number of nitrogens with zero attached hydrogens (tertiary/aromatic N) is 4. The summed E-state index contributed by atoms with van der Waals surface area (Å²) >= 11 is 0.115. The molecule has 1 aromatic heterocycles. The van der Waals surface area contributed by atoms with Gasteiger partial charge in [-0.15, -0.1) is 0 Å². The highest BCUT2D eigenvalue weighted by molar-refractivity contribution is 7.98. The average Bonchev–Trinajstić information content (AvgIpc) is 3.28. The Labute approximate surface area is 309 Å². The molecule has 1 unspecified atom stereocenters. The van der Waals surface area contributed by atoms with Crippen LogP contribution in [0, 0.1) is 11.7 Å². The second kappa shape index (κ2) is 15.5. The summed E-state index contributed by atoms with van der Waals surface area (Å²) in [6.45, 7) is -5.79. The number of aromatic nitrogens is 2. The molecule has 0 saturated heterocycles. The van der Waals surface area contributed by atoms with Crippen LogP contribution in [0.3, 0.4) is 0 Å². The highest BCUT2D eigenvalue weighted by Gasteiger charge is 2.30. The maximum absolute atomic E-state index is 14.8. The van der Waals surface area contributed by atoms with Crippen molar-refractivity contribution >= 4 is 17.7 Å². The lowest BCUT2D eigenvalue weighted by Gasteiger charge is -2.28. The Morgan fingerprint density at radius 1 is 1.02 bits per heavy atom. The fraction of sp³-hybridized carbons (Fsp3) is 0.378. The van der Waals surface area contributed by atoms with Crippen molar-refractivity contribution in [1.29, 1.82) is 0 Å². The number of fused-ring (bicyclic) bond motifs is 1. The molecule has 0 aliphatic heterocycles. The topological polar surface area (TPSA) is 58.4 Å². The van der Waals surface area contributed by atoms with Gasteiger partial charge < -0.3 is 14.4 Å². The summed E-state index contributed by atoms with van der Waals surface area (Å²) in [7, 11) is 0. The number of carbonyl (C=O) groups is 1. The van der Waals surface area contributed by atoms with Gasteiger partial charge in [0.2, 0.25) is 5.91 Å². The molecule has 11 heteroatoms. The van der Waals surface area contributed by atoms with Gasteiger partial charge in [0.05, 0.1) is 16.5 Å². The molecule has 0 bridgehead atoms. The van der Waals surface area contributed by atoms with E-state index in [1.165, 1.54) is 0 Å². The quantitative estimate of drug-likeness (QED) is 0.0824. The van der Waals surface area contributed by atoms with E-state index in [0.717, 1.165) is 49.9 Å². The number of halogens is 4. The van der Waals surface area contributed by atoms with Gasteiger partial charge in [0.15, 0.2) is 5.16 Å². The molecule has 5 rings (SSSR count). The number of amides is 1. The van der Waals surface area contributed by atoms with Gasteiger partial charge in [0.25, 0.3) is 5.56 Å². The molecule has 1 amide bonds. The van der Waals surface area contributed by atoms with Crippen molar-refractivity contribution < 1.29 is 48.4 Å². The fourth-order valence-corrected chi connectivity index (χ4v) is 5.16. The lowest BCUT2D eigenvalue weighted by Crippen LogP contribution is -2.40. The molecule has 1 aliphatic rings. The third-order valence-electron chi connectivity index (χ3n) is 6.84. The van der Waals surface area contributed by atoms with Gasteiger partial charge in [-0.3, -0.25) is 9.59 Å². The molecule has 1 aliphatic carbocycles. The van der Waals surface area contributed by atoms with E-state index < -0.39 is 174 Å². The Hall–Kier alpha value is -3.96. The Morgan fingerprint density at radius 3 is 2.25 bits per heavy atom. The zero-order chi connectivity index (χ0) is 51.3. The van der Waals surface area contributed by atoms with E-state index in [-0.39, 0.29) is 17.3 Å². The summed E-state index contributed by atoms with van der Waals surface area (Å²) in [6.07, 6.45) is -11.6. The van der Waals surface area contributed by atoms with Crippen LogP contribution in [0.15, 0.2) is 82.6 Å². The van der Waals surface area contributed by atoms with Crippen LogP contribution in [0.5, 0.6) is 0 Å². The van der Waals surface area contributed by atoms with Crippen LogP contribution in [-0.2, 0) is 42.5 Å². The molecule has 0 saturated carbocycles. The van der Waals surface area contributed by atoms with Gasteiger partial charge in [0.1, 0.15) is 12.4 Å². The van der Waals surface area contributed by atoms with Gasteiger partial charge >= 0.3 is 6.18 Å². The van der Waals surface area contributed by atoms with Crippen LogP contribution < -0.4 is 5.56 Å². The first kappa shape index (κ1) is 18.2. The zero-order valence-electron chi connectivity index (χ0n) is 44.7. The molecule has 0 fully saturated rings. The average molecular weight is 700 g/mol. The predicted octanol–water partition coefficient (Wildman–Crippen LogP) is 7.47. The predicted molar refractivity (Wildman–Crippen MR) is 181 cm³/mol. The highest BCUT2D eigenvalue weighted by Crippen LogP contribution is 2.32. The normalized spacial score (nSPS) is 24.6. The third kappa shape index (κ3) is 8.73. The van der Waals surface area contributed by atoms with Crippen LogP contribution in [0.25, 0.3) is 11.1 Å². The Kier molecular flexibility index (Phi) is 5.86. The lowest BCUT2D eigenvalue weighted by molar-refractivity contribution is -0.137. The van der Waals surface area contributed by atoms with Crippen LogP contribution >= 0.6 is 11.8 Å². The summed E-state index contributed by atoms with van der Waals surface area (Å²) in [4.78, 5) is 33.7. The molecule has 0 N–H and O–H groups in total. The first-order chi connectivity index (χ1) is 30.2. The number of rotatable bonds is 13. The monoisotopic (exact) mass is 699 g/mol. The third-order valence-corrected chi connectivity index (χ3v) is 7.67. The largest absolute Gasteiger partial charge is 0.416 e. The highest BCUT2D eigenvalue weighted by atomic mass is 32.2. The summed E-state index contributed by atoms with van der Waals surface area (Å²) in [5.74, 6) is -4.81. The van der Waals surface area contributed by atoms with Gasteiger partial charge in [0, 0.05) is 51.7 Å². The van der Waals surface area contributed by atoms with Crippen LogP contribution in [-0.4, -0.2) is 51.3 Å². The van der Waals surface area contributed by atoms with E-state index in [2.05, 4.69) is 4.98 Å². The number of carbonyl (C=O) groups excluding carboxylic acids is 1. The van der Waals surface area contributed by atoms with Gasteiger partial charge in [-0.25, -0.2) is 4.39 Å². The minimum absolute atomic E-state index is 0.115. The van der Waals surface area contributed by atoms with Crippen LogP contribution in [0.4, 0.5) is 17.6 Å². The maximum Gasteiger partial charge on any atom is 0.416 e. The van der Waals surface area contributed by atoms with E-state index >= 15 is 0 Å². The molecular formula is C37H40F4N4O2S. The van der Waals surface area contributed by atoms with Gasteiger partial charge in [-0.05, 0) is 78.1 Å². The molecule has 254 valence electrons. The van der Waals surface area contributed by atoms with Crippen molar-refractivity contribution in [3.63, 3.8) is 0 Å². The van der Waals surface area contributed by atoms with Crippen molar-refractivity contribution in [3.05, 3.63) is 117 Å². The Bertz CT molecular complexity index is 2640. The fourth-order valence-electron chi connectivity index (χ4n) is 4.42. The second-order valence-electron chi connectivity index (χ2n) is 10.1. The number of hydrogen-bond acceptors (Lipinski definition) is 5. The van der Waals surface area contributed by atoms with E-state index in [1.54, 1.807) is 0 Å². The van der Waals surface area contributed by atoms with E-state index in [9.17, 15) is 27.2 Å². The molecule has 6 nitrogen and oxygen atoms in total. The Balaban J connectivity index is 1.74. The molecule has 0 radical (unpaired) electrons. The van der Waals surface area contributed by atoms with Crippen molar-refractivity contribution in [2.24, 2.45) is 5.89 Å². The van der Waals surface area contributed by atoms with E-state index in [0.29, 0.717) is 9.47 Å². The van der Waals surface area contributed by atoms with Crippen molar-refractivity contribution in [3.8, 4) is 11.1 Å². The summed E-state index contributed by atoms with van der Waals surface area (Å²) in [5, 5.41) is -0.759. The first-order valence-electron chi connectivity index (χ1n) is 23.7. The minimum Gasteiger partial charge on any atom is -0.336 e. The summed E-state index contributed by atoms with van der Waals surface area (Å²) in [6, 6.07) is -6.23. The number of thioether (sulfide) groups is 1. The molecule has 48 heavy (non-hydrogen) atoms. The van der Waals surface area contributed by atoms with Crippen LogP contribution in [0.1, 0.15) is 74.8 Å². The number of benzene rings is 3. The SMILES string of the molecule is [2H]c1c([2H])c(-c2c([2H])c([2H])c(C(F)(F)F)c([2H])c2[2H])c([2H])c([2H])c1CN(CCN(C([2H])([2H])C)C([2H])([2H])C)C(=O)Cn1c(SC([2H])([2H])c2ccc(F)cc2)nc(=O)c2c1C([2H])([2H])C([2H])(C)C2([2H])[2H]. The van der Waals surface area contributed by atoms with Crippen molar-refractivity contribution in [2.75, 3.05) is 26.1 Å². The molecule has 1 heterocycles. The standard InChI is InChI=1S/C37H40F4N4O2S/c1-4-43(5-2)18-19-44(22-26-6-10-28(11-7-26)29-12-14-30(15-13-29)37(39,40)41)34(46)23-45-33-21-25(3)20-32(33)35(47)42-36(45)48-24-27-8-16-31(38)17-9-27/h6-17,25H,4-5,18-24H2,1-3H3/i4D2,5D2,6D,7D,10D,11D,12D,13D,14D,15D,20D2,21D2,24D2,25D. The smallest absolute Gasteiger partial charge is 0.336 e. The molecule has 0 spiro atoms. The van der Waals surface area contributed by atoms with Gasteiger partial charge in [-0.1, -0.05) is 80.9 Å². The zero-order valence-corrected chi connectivity index (χ0v) is 26.5. The summed E-state index contributed by atoms with van der Waals surface area (Å²) in [5.41, 5.74) is -10.8. The summed E-state index contributed by atoms with van der Waals surface area (Å²) < 4.78 is 219. The number of hydrogen-bond donors (Lipinski definition) is 0. The lowest BCUT2D eigenvalue weighted by atomic mass is 10.0. The molecule has 3 aromatic carbocycles. The van der Waals surface area contributed by atoms with Crippen molar-refractivity contribution in [2.45, 2.75) is 63.6 Å². The minimum atomic E-state index is -5.37. The Morgan fingerprint density at radius 2 is 1.65 bits per heavy atom. The van der Waals surface area contributed by atoms with E-state index in [4.69, 9.17) is 26.0 Å². The number of alkyl halides is 3. The van der Waals surface area contributed by atoms with Crippen molar-refractivity contribution in [1.82, 2.24) is 19.4 Å². The molecular weight excluding hydrogens is 640 g/mol. The van der Waals surface area contributed by atoms with E-state index in [1.807, 2.05) is 0 Å². The van der Waals surface area contributed by atoms with Crippen LogP contribution in [0.2, 0.25) is 0 Å². The molecule has 4 aromatic rings. The maximum atomic E-state index is 14.8. The second-order valence-corrected chi connectivity index (χ2v) is 10.9. The van der Waals surface area contributed by atoms with Gasteiger partial charge in [-0.2, -0.15) is 18.2 Å².